The lowest BCUT2D eigenvalue weighted by atomic mass is 10.0. The highest BCUT2D eigenvalue weighted by Gasteiger charge is 2.28. The second-order valence-electron chi connectivity index (χ2n) is 8.63. The highest BCUT2D eigenvalue weighted by molar-refractivity contribution is 7.92. The van der Waals surface area contributed by atoms with Gasteiger partial charge >= 0.3 is 0 Å². The molecule has 1 N–H and O–H groups in total. The van der Waals surface area contributed by atoms with Crippen molar-refractivity contribution >= 4 is 21.6 Å². The average Bonchev–Trinajstić information content (AvgIpc) is 2.83. The summed E-state index contributed by atoms with van der Waals surface area (Å²) in [5.74, 6) is -0.347. The van der Waals surface area contributed by atoms with Gasteiger partial charge in [0.2, 0.25) is 5.91 Å². The van der Waals surface area contributed by atoms with Gasteiger partial charge in [0.05, 0.1) is 10.6 Å². The third kappa shape index (κ3) is 5.68. The summed E-state index contributed by atoms with van der Waals surface area (Å²) < 4.78 is 28.5. The number of carbonyl (C=O) groups excluding carboxylic acids is 1. The first kappa shape index (κ1) is 25.5. The molecule has 0 unspecified atom stereocenters. The topological polar surface area (TPSA) is 66.5 Å². The van der Waals surface area contributed by atoms with E-state index in [4.69, 9.17) is 0 Å². The Labute approximate surface area is 203 Å². The van der Waals surface area contributed by atoms with Gasteiger partial charge in [-0.25, -0.2) is 8.42 Å². The van der Waals surface area contributed by atoms with E-state index in [0.29, 0.717) is 12.2 Å². The van der Waals surface area contributed by atoms with Gasteiger partial charge in [0.15, 0.2) is 0 Å². The average molecular weight is 479 g/mol. The predicted octanol–water partition coefficient (Wildman–Crippen LogP) is 5.25. The second-order valence-corrected chi connectivity index (χ2v) is 10.5. The maximum atomic E-state index is 13.6. The van der Waals surface area contributed by atoms with Crippen LogP contribution in [0.4, 0.5) is 5.69 Å². The minimum Gasteiger partial charge on any atom is -0.350 e. The number of amides is 1. The molecule has 0 radical (unpaired) electrons. The van der Waals surface area contributed by atoms with E-state index < -0.39 is 10.0 Å². The van der Waals surface area contributed by atoms with E-state index >= 15 is 0 Å². The van der Waals surface area contributed by atoms with Crippen molar-refractivity contribution in [2.24, 2.45) is 0 Å². The molecule has 0 aliphatic rings. The maximum absolute atomic E-state index is 13.6. The number of anilines is 1. The van der Waals surface area contributed by atoms with E-state index in [1.54, 1.807) is 30.3 Å². The lowest BCUT2D eigenvalue weighted by Crippen LogP contribution is -2.41. The quantitative estimate of drug-likeness (QED) is 0.457. The molecule has 0 fully saturated rings. The van der Waals surface area contributed by atoms with Crippen molar-refractivity contribution < 1.29 is 13.2 Å². The molecule has 0 heterocycles. The third-order valence-corrected chi connectivity index (χ3v) is 8.05. The molecule has 0 aliphatic heterocycles. The Morgan fingerprint density at radius 3 is 2.24 bits per heavy atom. The highest BCUT2D eigenvalue weighted by atomic mass is 32.2. The fraction of sp³-hybridized carbons (Fsp3) is 0.321. The summed E-state index contributed by atoms with van der Waals surface area (Å²) in [6.45, 7) is 9.97. The van der Waals surface area contributed by atoms with Gasteiger partial charge in [-0.3, -0.25) is 9.10 Å². The summed E-state index contributed by atoms with van der Waals surface area (Å²) in [4.78, 5) is 13.2. The minimum absolute atomic E-state index is 0.163. The fourth-order valence-corrected chi connectivity index (χ4v) is 5.41. The molecular weight excluding hydrogens is 444 g/mol. The van der Waals surface area contributed by atoms with Crippen LogP contribution in [0.25, 0.3) is 0 Å². The van der Waals surface area contributed by atoms with Gasteiger partial charge in [0.25, 0.3) is 10.0 Å². The monoisotopic (exact) mass is 478 g/mol. The summed E-state index contributed by atoms with van der Waals surface area (Å²) in [5, 5.41) is 2.95. The SMILES string of the molecule is CCc1ccc(CC)c(CNC(=O)CN(c2cccc(C)c2C)S(=O)(=O)c2ccc(C)cc2)c1. The summed E-state index contributed by atoms with van der Waals surface area (Å²) in [7, 11) is -3.94. The molecule has 34 heavy (non-hydrogen) atoms. The molecule has 180 valence electrons. The molecule has 3 aromatic rings. The first-order valence-electron chi connectivity index (χ1n) is 11.7. The standard InChI is InChI=1S/C28H34N2O3S/c1-6-23-13-14-24(7-2)25(17-23)18-29-28(31)19-30(27-10-8-9-21(4)22(27)5)34(32,33)26-15-11-20(3)12-16-26/h8-17H,6-7,18-19H2,1-5H3,(H,29,31). The third-order valence-electron chi connectivity index (χ3n) is 6.28. The number of nitrogens with one attached hydrogen (secondary N) is 1. The smallest absolute Gasteiger partial charge is 0.264 e. The summed E-state index contributed by atoms with van der Waals surface area (Å²) in [6.07, 6.45) is 1.78. The number of carbonyl (C=O) groups is 1. The molecule has 0 bridgehead atoms. The van der Waals surface area contributed by atoms with Crippen LogP contribution in [0.2, 0.25) is 0 Å². The Hall–Kier alpha value is -3.12. The zero-order chi connectivity index (χ0) is 24.9. The van der Waals surface area contributed by atoms with Crippen LogP contribution in [0, 0.1) is 20.8 Å². The zero-order valence-corrected chi connectivity index (χ0v) is 21.5. The van der Waals surface area contributed by atoms with Crippen LogP contribution in [-0.4, -0.2) is 20.9 Å². The van der Waals surface area contributed by atoms with Crippen LogP contribution in [0.15, 0.2) is 65.6 Å². The lowest BCUT2D eigenvalue weighted by Gasteiger charge is -2.26. The number of hydrogen-bond acceptors (Lipinski definition) is 3. The molecule has 6 heteroatoms. The van der Waals surface area contributed by atoms with Gasteiger partial charge < -0.3 is 5.32 Å². The Bertz CT molecular complexity index is 1270. The number of benzene rings is 3. The first-order chi connectivity index (χ1) is 16.2. The van der Waals surface area contributed by atoms with Crippen molar-refractivity contribution in [2.75, 3.05) is 10.8 Å². The van der Waals surface area contributed by atoms with E-state index in [0.717, 1.165) is 35.1 Å². The Kier molecular flexibility index (Phi) is 8.15. The normalized spacial score (nSPS) is 11.3. The van der Waals surface area contributed by atoms with Gasteiger partial charge in [-0.1, -0.05) is 61.9 Å². The molecule has 0 saturated heterocycles. The van der Waals surface area contributed by atoms with Crippen molar-refractivity contribution in [3.05, 3.63) is 94.0 Å². The van der Waals surface area contributed by atoms with Gasteiger partial charge in [0, 0.05) is 6.54 Å². The zero-order valence-electron chi connectivity index (χ0n) is 20.7. The van der Waals surface area contributed by atoms with E-state index in [1.165, 1.54) is 15.4 Å². The number of hydrogen-bond donors (Lipinski definition) is 1. The summed E-state index contributed by atoms with van der Waals surface area (Å²) >= 11 is 0. The molecule has 0 spiro atoms. The van der Waals surface area contributed by atoms with Crippen LogP contribution in [0.3, 0.4) is 0 Å². The Balaban J connectivity index is 1.91. The molecule has 0 saturated carbocycles. The van der Waals surface area contributed by atoms with Gasteiger partial charge in [-0.05, 0) is 79.6 Å². The van der Waals surface area contributed by atoms with Crippen molar-refractivity contribution in [3.8, 4) is 0 Å². The van der Waals surface area contributed by atoms with Gasteiger partial charge in [-0.2, -0.15) is 0 Å². The largest absolute Gasteiger partial charge is 0.350 e. The second kappa shape index (κ2) is 10.9. The number of rotatable bonds is 9. The number of nitrogens with zero attached hydrogens (tertiary/aromatic N) is 1. The van der Waals surface area contributed by atoms with Crippen molar-refractivity contribution in [2.45, 2.75) is 58.9 Å². The molecule has 0 aromatic heterocycles. The number of aryl methyl sites for hydroxylation is 4. The van der Waals surface area contributed by atoms with E-state index in [9.17, 15) is 13.2 Å². The molecule has 3 aromatic carbocycles. The van der Waals surface area contributed by atoms with Gasteiger partial charge in [-0.15, -0.1) is 0 Å². The molecule has 1 amide bonds. The first-order valence-corrected chi connectivity index (χ1v) is 13.1. The van der Waals surface area contributed by atoms with Crippen molar-refractivity contribution in [3.63, 3.8) is 0 Å². The molecular formula is C28H34N2O3S. The van der Waals surface area contributed by atoms with E-state index in [1.807, 2.05) is 32.9 Å². The molecule has 0 atom stereocenters. The molecule has 5 nitrogen and oxygen atoms in total. The molecule has 0 aliphatic carbocycles. The van der Waals surface area contributed by atoms with Crippen LogP contribution in [-0.2, 0) is 34.2 Å². The minimum atomic E-state index is -3.94. The number of sulfonamides is 1. The fourth-order valence-electron chi connectivity index (χ4n) is 3.93. The van der Waals surface area contributed by atoms with Crippen LogP contribution in [0.1, 0.15) is 47.2 Å². The van der Waals surface area contributed by atoms with E-state index in [-0.39, 0.29) is 17.3 Å². The maximum Gasteiger partial charge on any atom is 0.264 e. The Morgan fingerprint density at radius 1 is 0.882 bits per heavy atom. The van der Waals surface area contributed by atoms with Crippen molar-refractivity contribution in [1.29, 1.82) is 0 Å². The molecule has 3 rings (SSSR count). The van der Waals surface area contributed by atoms with Crippen molar-refractivity contribution in [1.82, 2.24) is 5.32 Å². The van der Waals surface area contributed by atoms with Crippen LogP contribution >= 0.6 is 0 Å². The van der Waals surface area contributed by atoms with Crippen LogP contribution < -0.4 is 9.62 Å². The summed E-state index contributed by atoms with van der Waals surface area (Å²) in [5.41, 5.74) is 6.72. The Morgan fingerprint density at radius 2 is 1.59 bits per heavy atom. The summed E-state index contributed by atoms with van der Waals surface area (Å²) in [6, 6.07) is 18.5. The van der Waals surface area contributed by atoms with Gasteiger partial charge in [0.1, 0.15) is 6.54 Å². The van der Waals surface area contributed by atoms with Crippen LogP contribution in [0.5, 0.6) is 0 Å². The highest BCUT2D eigenvalue weighted by Crippen LogP contribution is 2.28. The van der Waals surface area contributed by atoms with E-state index in [2.05, 4.69) is 37.4 Å². The lowest BCUT2D eigenvalue weighted by molar-refractivity contribution is -0.119. The predicted molar refractivity (Wildman–Crippen MR) is 139 cm³/mol.